The molecule has 4 heteroatoms. The Bertz CT molecular complexity index is 696. The van der Waals surface area contributed by atoms with Crippen LogP contribution in [0.3, 0.4) is 0 Å². The van der Waals surface area contributed by atoms with Gasteiger partial charge in [-0.05, 0) is 91.6 Å². The maximum absolute atomic E-state index is 5.95. The first-order valence-corrected chi connectivity index (χ1v) is 12.9. The topological polar surface area (TPSA) is 18.5 Å². The van der Waals surface area contributed by atoms with E-state index in [9.17, 15) is 0 Å². The van der Waals surface area contributed by atoms with Crippen LogP contribution in [-0.4, -0.2) is 25.7 Å². The van der Waals surface area contributed by atoms with Gasteiger partial charge in [-0.1, -0.05) is 27.2 Å². The summed E-state index contributed by atoms with van der Waals surface area (Å²) in [6.45, 7) is 8.60. The van der Waals surface area contributed by atoms with Crippen molar-refractivity contribution in [3.63, 3.8) is 0 Å². The highest BCUT2D eigenvalue weighted by Crippen LogP contribution is 2.30. The Labute approximate surface area is 186 Å². The first-order chi connectivity index (χ1) is 13.9. The molecule has 0 heterocycles. The lowest BCUT2D eigenvalue weighted by molar-refractivity contribution is 0.199. The van der Waals surface area contributed by atoms with Crippen molar-refractivity contribution in [2.45, 2.75) is 56.2 Å². The third-order valence-corrected chi connectivity index (χ3v) is 6.85. The molecule has 2 rings (SSSR count). The molecule has 0 radical (unpaired) electrons. The van der Waals surface area contributed by atoms with Crippen LogP contribution < -0.4 is 9.47 Å². The maximum atomic E-state index is 5.95. The normalized spacial score (nSPS) is 12.6. The van der Waals surface area contributed by atoms with Gasteiger partial charge in [-0.2, -0.15) is 0 Å². The van der Waals surface area contributed by atoms with Crippen LogP contribution in [0.25, 0.3) is 0 Å². The summed E-state index contributed by atoms with van der Waals surface area (Å²) in [6, 6.07) is 16.7. The Morgan fingerprint density at radius 3 is 1.69 bits per heavy atom. The highest BCUT2D eigenvalue weighted by Gasteiger charge is 2.19. The van der Waals surface area contributed by atoms with E-state index in [-0.39, 0.29) is 0 Å². The summed E-state index contributed by atoms with van der Waals surface area (Å²) in [7, 11) is 0. The third-order valence-electron chi connectivity index (χ3n) is 5.36. The van der Waals surface area contributed by atoms with Gasteiger partial charge in [0.2, 0.25) is 0 Å². The molecular weight excluding hydrogens is 396 g/mol. The van der Waals surface area contributed by atoms with Crippen molar-refractivity contribution in [2.24, 2.45) is 11.3 Å². The van der Waals surface area contributed by atoms with Gasteiger partial charge in [0.1, 0.15) is 11.5 Å². The lowest BCUT2D eigenvalue weighted by Crippen LogP contribution is -2.17. The van der Waals surface area contributed by atoms with Gasteiger partial charge in [0.15, 0.2) is 0 Å². The Morgan fingerprint density at radius 1 is 0.724 bits per heavy atom. The van der Waals surface area contributed by atoms with E-state index in [2.05, 4.69) is 81.8 Å². The second kappa shape index (κ2) is 12.4. The van der Waals surface area contributed by atoms with Gasteiger partial charge >= 0.3 is 0 Å². The van der Waals surface area contributed by atoms with Crippen LogP contribution in [-0.2, 0) is 0 Å². The second-order valence-electron chi connectivity index (χ2n) is 8.39. The number of ether oxygens (including phenoxy) is 2. The van der Waals surface area contributed by atoms with Gasteiger partial charge in [0, 0.05) is 9.79 Å². The zero-order chi connectivity index (χ0) is 21.1. The number of thioether (sulfide) groups is 2. The van der Waals surface area contributed by atoms with Crippen molar-refractivity contribution >= 4 is 23.5 Å². The van der Waals surface area contributed by atoms with Crippen molar-refractivity contribution in [1.29, 1.82) is 0 Å². The summed E-state index contributed by atoms with van der Waals surface area (Å²) >= 11 is 3.51. The second-order valence-corrected chi connectivity index (χ2v) is 10.2. The van der Waals surface area contributed by atoms with Crippen molar-refractivity contribution in [3.8, 4) is 11.5 Å². The van der Waals surface area contributed by atoms with Crippen LogP contribution in [0.4, 0.5) is 0 Å². The SMILES string of the molecule is CSc1ccc(OCCC(C)CCC(C)(C)CCOc2ccc(SC)cc2)cc1. The molecule has 0 spiro atoms. The molecule has 1 atom stereocenters. The minimum atomic E-state index is 0.294. The molecule has 0 amide bonds. The summed E-state index contributed by atoms with van der Waals surface area (Å²) in [5.41, 5.74) is 0.294. The Balaban J connectivity index is 1.61. The lowest BCUT2D eigenvalue weighted by Gasteiger charge is -2.26. The molecule has 2 aromatic carbocycles. The Morgan fingerprint density at radius 2 is 1.21 bits per heavy atom. The Hall–Kier alpha value is -1.26. The highest BCUT2D eigenvalue weighted by molar-refractivity contribution is 7.98. The van der Waals surface area contributed by atoms with Gasteiger partial charge in [-0.15, -0.1) is 23.5 Å². The van der Waals surface area contributed by atoms with Crippen LogP contribution in [0.1, 0.15) is 46.5 Å². The van der Waals surface area contributed by atoms with Gasteiger partial charge in [0.25, 0.3) is 0 Å². The van der Waals surface area contributed by atoms with Crippen LogP contribution >= 0.6 is 23.5 Å². The van der Waals surface area contributed by atoms with Crippen molar-refractivity contribution in [3.05, 3.63) is 48.5 Å². The molecule has 29 heavy (non-hydrogen) atoms. The van der Waals surface area contributed by atoms with E-state index in [4.69, 9.17) is 9.47 Å². The van der Waals surface area contributed by atoms with Crippen LogP contribution in [0.5, 0.6) is 11.5 Å². The molecule has 160 valence electrons. The zero-order valence-corrected chi connectivity index (χ0v) is 20.2. The molecule has 1 unspecified atom stereocenters. The first kappa shape index (κ1) is 24.0. The number of rotatable bonds is 13. The van der Waals surface area contributed by atoms with Crippen LogP contribution in [0.2, 0.25) is 0 Å². The summed E-state index contributed by atoms with van der Waals surface area (Å²) < 4.78 is 11.9. The number of hydrogen-bond donors (Lipinski definition) is 0. The monoisotopic (exact) mass is 432 g/mol. The van der Waals surface area contributed by atoms with Gasteiger partial charge in [0.05, 0.1) is 13.2 Å². The summed E-state index contributed by atoms with van der Waals surface area (Å²) in [5, 5.41) is 0. The van der Waals surface area contributed by atoms with E-state index in [0.717, 1.165) is 37.6 Å². The van der Waals surface area contributed by atoms with E-state index in [1.807, 2.05) is 0 Å². The molecule has 0 aliphatic carbocycles. The minimum Gasteiger partial charge on any atom is -0.494 e. The molecule has 0 aliphatic heterocycles. The van der Waals surface area contributed by atoms with E-state index in [1.165, 1.54) is 22.6 Å². The predicted octanol–water partition coefficient (Wildman–Crippen LogP) is 7.81. The van der Waals surface area contributed by atoms with Crippen molar-refractivity contribution in [2.75, 3.05) is 25.7 Å². The third kappa shape index (κ3) is 9.39. The molecule has 0 aromatic heterocycles. The average molecular weight is 433 g/mol. The van der Waals surface area contributed by atoms with E-state index >= 15 is 0 Å². The smallest absolute Gasteiger partial charge is 0.119 e. The van der Waals surface area contributed by atoms with Crippen LogP contribution in [0.15, 0.2) is 58.3 Å². The molecule has 0 bridgehead atoms. The zero-order valence-electron chi connectivity index (χ0n) is 18.6. The molecule has 0 saturated heterocycles. The number of hydrogen-bond acceptors (Lipinski definition) is 4. The van der Waals surface area contributed by atoms with Crippen LogP contribution in [0, 0.1) is 11.3 Å². The van der Waals surface area contributed by atoms with Gasteiger partial charge < -0.3 is 9.47 Å². The van der Waals surface area contributed by atoms with Crippen molar-refractivity contribution in [1.82, 2.24) is 0 Å². The molecule has 0 N–H and O–H groups in total. The molecule has 0 fully saturated rings. The molecule has 2 nitrogen and oxygen atoms in total. The summed E-state index contributed by atoms with van der Waals surface area (Å²) in [6.07, 6.45) is 8.79. The molecule has 0 aliphatic rings. The molecule has 0 saturated carbocycles. The van der Waals surface area contributed by atoms with Crippen molar-refractivity contribution < 1.29 is 9.47 Å². The van der Waals surface area contributed by atoms with Gasteiger partial charge in [-0.25, -0.2) is 0 Å². The lowest BCUT2D eigenvalue weighted by atomic mass is 9.82. The minimum absolute atomic E-state index is 0.294. The highest BCUT2D eigenvalue weighted by atomic mass is 32.2. The fourth-order valence-electron chi connectivity index (χ4n) is 3.07. The van der Waals surface area contributed by atoms with E-state index in [0.29, 0.717) is 11.3 Å². The summed E-state index contributed by atoms with van der Waals surface area (Å²) in [5.74, 6) is 2.60. The molecule has 2 aromatic rings. The largest absolute Gasteiger partial charge is 0.494 e. The fourth-order valence-corrected chi connectivity index (χ4v) is 3.89. The maximum Gasteiger partial charge on any atom is 0.119 e. The number of benzene rings is 2. The van der Waals surface area contributed by atoms with E-state index < -0.39 is 0 Å². The molecular formula is C25H36O2S2. The first-order valence-electron chi connectivity index (χ1n) is 10.5. The van der Waals surface area contributed by atoms with E-state index in [1.54, 1.807) is 23.5 Å². The quantitative estimate of drug-likeness (QED) is 0.300. The fraction of sp³-hybridized carbons (Fsp3) is 0.520. The summed E-state index contributed by atoms with van der Waals surface area (Å²) in [4.78, 5) is 2.54. The Kier molecular flexibility index (Phi) is 10.3. The predicted molar refractivity (Wildman–Crippen MR) is 129 cm³/mol. The van der Waals surface area contributed by atoms with Gasteiger partial charge in [-0.3, -0.25) is 0 Å². The standard InChI is InChI=1S/C25H36O2S2/c1-20(15-18-26-21-6-10-23(28-4)11-7-21)14-16-25(2,3)17-19-27-22-8-12-24(29-5)13-9-22/h6-13,20H,14-19H2,1-5H3. The average Bonchev–Trinajstić information content (AvgIpc) is 2.73.